The summed E-state index contributed by atoms with van der Waals surface area (Å²) < 4.78 is 4.83. The number of aromatic nitrogens is 1. The molecule has 1 heterocycles. The minimum absolute atomic E-state index is 0. The van der Waals surface area contributed by atoms with Gasteiger partial charge in [0.25, 0.3) is 0 Å². The third kappa shape index (κ3) is 7.17. The molecular weight excluding hydrogens is 249 g/mol. The van der Waals surface area contributed by atoms with Crippen molar-refractivity contribution >= 4 is 22.3 Å². The number of hydrogen-bond donors (Lipinski definition) is 0. The fraction of sp³-hybridized carbons (Fsp3) is 0.500. The largest absolute Gasteiger partial charge is 1.00 e. The summed E-state index contributed by atoms with van der Waals surface area (Å²) >= 11 is 0. The molecule has 0 N–H and O–H groups in total. The minimum atomic E-state index is -1.53. The summed E-state index contributed by atoms with van der Waals surface area (Å²) in [7, 11) is -3.05. The van der Waals surface area contributed by atoms with Gasteiger partial charge in [-0.2, -0.15) is 0 Å². The molecule has 1 rings (SSSR count). The van der Waals surface area contributed by atoms with Crippen molar-refractivity contribution in [2.24, 2.45) is 4.66 Å². The first-order valence-corrected chi connectivity index (χ1v) is 12.8. The molecule has 18 heavy (non-hydrogen) atoms. The molecule has 0 saturated carbocycles. The van der Waals surface area contributed by atoms with Crippen molar-refractivity contribution in [3.8, 4) is 0 Å². The van der Waals surface area contributed by atoms with Gasteiger partial charge in [0, 0.05) is 22.7 Å². The molecule has 94 valence electrons. The van der Waals surface area contributed by atoms with Crippen molar-refractivity contribution in [3.63, 3.8) is 0 Å². The first-order valence-electron chi connectivity index (χ1n) is 5.91. The zero-order chi connectivity index (χ0) is 13.1. The molecule has 0 aliphatic rings. The third-order valence-corrected chi connectivity index (χ3v) is 3.54. The Balaban J connectivity index is 0.00000289. The van der Waals surface area contributed by atoms with Crippen LogP contribution in [0.5, 0.6) is 0 Å². The molecule has 3 nitrogen and oxygen atoms in total. The Labute approximate surface area is 125 Å². The van der Waals surface area contributed by atoms with E-state index in [0.717, 1.165) is 11.5 Å². The summed E-state index contributed by atoms with van der Waals surface area (Å²) in [5.41, 5.74) is 0.900. The number of nitrogens with zero attached hydrogens (tertiary/aromatic N) is 3. The first-order chi connectivity index (χ1) is 7.67. The van der Waals surface area contributed by atoms with E-state index in [1.54, 1.807) is 6.20 Å². The van der Waals surface area contributed by atoms with E-state index in [1.165, 1.54) is 0 Å². The van der Waals surface area contributed by atoms with Crippen LogP contribution in [-0.2, 0) is 0 Å². The molecule has 0 fully saturated rings. The maximum absolute atomic E-state index is 4.83. The van der Waals surface area contributed by atoms with Gasteiger partial charge in [0.05, 0.1) is 5.69 Å². The molecule has 0 aliphatic heterocycles. The smallest absolute Gasteiger partial charge is 0.471 e. The Morgan fingerprint density at radius 2 is 1.72 bits per heavy atom. The quantitative estimate of drug-likeness (QED) is 0.457. The van der Waals surface area contributed by atoms with Crippen LogP contribution in [0.1, 0.15) is 5.69 Å². The predicted molar refractivity (Wildman–Crippen MR) is 80.8 cm³/mol. The Hall–Kier alpha value is -0.349. The van der Waals surface area contributed by atoms with Gasteiger partial charge in [-0.25, -0.2) is 0 Å². The van der Waals surface area contributed by atoms with Gasteiger partial charge >= 0.3 is 18.9 Å². The molecular formula is C12H22LiN3Si2. The average molecular weight is 271 g/mol. The molecule has 0 spiro atoms. The molecule has 1 aromatic heterocycles. The van der Waals surface area contributed by atoms with Crippen LogP contribution in [0.2, 0.25) is 39.3 Å². The Morgan fingerprint density at radius 3 is 2.11 bits per heavy atom. The van der Waals surface area contributed by atoms with Gasteiger partial charge in [-0.15, -0.1) is 0 Å². The molecule has 0 saturated heterocycles. The molecule has 1 aromatic rings. The van der Waals surface area contributed by atoms with Gasteiger partial charge in [-0.1, -0.05) is 45.3 Å². The van der Waals surface area contributed by atoms with E-state index in [4.69, 9.17) is 9.64 Å². The summed E-state index contributed by atoms with van der Waals surface area (Å²) in [6.07, 6.45) is 1.80. The van der Waals surface area contributed by atoms with Crippen LogP contribution < -0.4 is 18.9 Å². The Kier molecular flexibility index (Phi) is 6.58. The second-order valence-electron chi connectivity index (χ2n) is 6.10. The van der Waals surface area contributed by atoms with Gasteiger partial charge in [0.1, 0.15) is 0 Å². The topological polar surface area (TPSA) is 39.4 Å². The molecule has 0 bridgehead atoms. The maximum Gasteiger partial charge on any atom is 1.00 e. The molecule has 0 amide bonds. The van der Waals surface area contributed by atoms with E-state index in [1.807, 2.05) is 18.2 Å². The van der Waals surface area contributed by atoms with Crippen LogP contribution in [-0.4, -0.2) is 27.3 Å². The molecule has 0 unspecified atom stereocenters. The number of pyridine rings is 1. The van der Waals surface area contributed by atoms with Crippen LogP contribution in [0.25, 0.3) is 4.98 Å². The van der Waals surface area contributed by atoms with Crippen LogP contribution in [0.15, 0.2) is 29.1 Å². The van der Waals surface area contributed by atoms with Crippen LogP contribution in [0, 0.1) is 0 Å². The summed E-state index contributed by atoms with van der Waals surface area (Å²) in [4.78, 5) is 9.19. The summed E-state index contributed by atoms with van der Waals surface area (Å²) in [5, 5.41) is 0. The number of amidine groups is 1. The van der Waals surface area contributed by atoms with Gasteiger partial charge in [-0.05, 0) is 18.0 Å². The third-order valence-electron chi connectivity index (χ3n) is 1.78. The van der Waals surface area contributed by atoms with E-state index in [0.29, 0.717) is 0 Å². The van der Waals surface area contributed by atoms with E-state index >= 15 is 0 Å². The summed E-state index contributed by atoms with van der Waals surface area (Å²) in [6.45, 7) is 13.3. The number of rotatable bonds is 3. The molecule has 0 aromatic carbocycles. The van der Waals surface area contributed by atoms with E-state index in [-0.39, 0.29) is 18.9 Å². The van der Waals surface area contributed by atoms with Crippen LogP contribution in [0.3, 0.4) is 0 Å². The normalized spacial score (nSPS) is 12.9. The Morgan fingerprint density at radius 1 is 1.11 bits per heavy atom. The summed E-state index contributed by atoms with van der Waals surface area (Å²) in [6, 6.07) is 5.90. The van der Waals surface area contributed by atoms with Gasteiger partial charge in [0.15, 0.2) is 0 Å². The molecule has 0 atom stereocenters. The van der Waals surface area contributed by atoms with E-state index < -0.39 is 16.5 Å². The van der Waals surface area contributed by atoms with Crippen molar-refractivity contribution < 1.29 is 18.9 Å². The predicted octanol–water partition coefficient (Wildman–Crippen LogP) is 0.876. The maximum atomic E-state index is 4.83. The zero-order valence-corrected chi connectivity index (χ0v) is 14.7. The average Bonchev–Trinajstić information content (AvgIpc) is 2.14. The first kappa shape index (κ1) is 17.7. The molecule has 0 radical (unpaired) electrons. The minimum Gasteiger partial charge on any atom is -0.471 e. The van der Waals surface area contributed by atoms with Gasteiger partial charge in [0.2, 0.25) is 0 Å². The van der Waals surface area contributed by atoms with Gasteiger partial charge < -0.3 is 9.64 Å². The monoisotopic (exact) mass is 271 g/mol. The van der Waals surface area contributed by atoms with Crippen molar-refractivity contribution in [3.05, 3.63) is 35.1 Å². The fourth-order valence-electron chi connectivity index (χ4n) is 1.27. The molecule has 6 heteroatoms. The van der Waals surface area contributed by atoms with Gasteiger partial charge in [-0.3, -0.25) is 4.98 Å². The Bertz CT molecular complexity index is 394. The molecule has 0 aliphatic carbocycles. The summed E-state index contributed by atoms with van der Waals surface area (Å²) in [5.74, 6) is 0.851. The number of hydrogen-bond acceptors (Lipinski definition) is 2. The standard InChI is InChI=1S/C12H22N3Si2.Li/c1-16(2,3)14-12(15-17(4,5)6)11-9-7-8-10-13-11;/h7-10H,1-6H3;/q-1;+1. The second kappa shape index (κ2) is 6.71. The van der Waals surface area contributed by atoms with Crippen molar-refractivity contribution in [2.45, 2.75) is 39.3 Å². The van der Waals surface area contributed by atoms with E-state index in [9.17, 15) is 0 Å². The van der Waals surface area contributed by atoms with Crippen molar-refractivity contribution in [1.82, 2.24) is 4.98 Å². The van der Waals surface area contributed by atoms with Crippen molar-refractivity contribution in [2.75, 3.05) is 0 Å². The van der Waals surface area contributed by atoms with Crippen LogP contribution in [0.4, 0.5) is 0 Å². The zero-order valence-electron chi connectivity index (χ0n) is 12.7. The van der Waals surface area contributed by atoms with Crippen LogP contribution >= 0.6 is 0 Å². The second-order valence-corrected chi connectivity index (χ2v) is 15.2. The van der Waals surface area contributed by atoms with E-state index in [2.05, 4.69) is 44.3 Å². The SMILES string of the molecule is C[Si](C)(C)/N=C(\[N-][Si](C)(C)C)c1ccccn1.[Li+]. The van der Waals surface area contributed by atoms with Crippen molar-refractivity contribution in [1.29, 1.82) is 0 Å². The fourth-order valence-corrected chi connectivity index (χ4v) is 2.97.